The van der Waals surface area contributed by atoms with Gasteiger partial charge in [-0.1, -0.05) is 15.9 Å². The fourth-order valence-electron chi connectivity index (χ4n) is 1.47. The number of rotatable bonds is 4. The number of ether oxygens (including phenoxy) is 1. The first kappa shape index (κ1) is 14.4. The van der Waals surface area contributed by atoms with Crippen molar-refractivity contribution in [3.05, 3.63) is 0 Å². The molecule has 1 aliphatic rings. The van der Waals surface area contributed by atoms with Gasteiger partial charge < -0.3 is 4.74 Å². The molecule has 0 amide bonds. The molecule has 0 aromatic rings. The molecule has 0 N–H and O–H groups in total. The van der Waals surface area contributed by atoms with E-state index in [0.29, 0.717) is 11.9 Å². The number of sulfone groups is 1. The number of nitrogens with zero attached hydrogens (tertiary/aromatic N) is 1. The third-order valence-corrected chi connectivity index (χ3v) is 6.92. The highest BCUT2D eigenvalue weighted by molar-refractivity contribution is 9.09. The lowest BCUT2D eigenvalue weighted by Crippen LogP contribution is -2.50. The molecule has 1 rings (SSSR count). The predicted molar refractivity (Wildman–Crippen MR) is 63.7 cm³/mol. The topological polar surface area (TPSA) is 80.8 Å². The Bertz CT molecular complexity index is 432. The fraction of sp³-hybridized carbons (Fsp3) is 1.00. The van der Waals surface area contributed by atoms with Crippen molar-refractivity contribution in [2.45, 2.75) is 6.04 Å². The van der Waals surface area contributed by atoms with Crippen LogP contribution in [0, 0.1) is 0 Å². The van der Waals surface area contributed by atoms with Gasteiger partial charge in [0.05, 0.1) is 19.3 Å². The second kappa shape index (κ2) is 5.30. The Labute approximate surface area is 104 Å². The van der Waals surface area contributed by atoms with Crippen LogP contribution in [0.3, 0.4) is 0 Å². The van der Waals surface area contributed by atoms with Gasteiger partial charge in [0, 0.05) is 18.1 Å². The van der Waals surface area contributed by atoms with E-state index in [1.807, 2.05) is 0 Å². The standard InChI is InChI=1S/C7H14BrNO5S2/c1-15(10,11)6-16(12,13)9-2-3-14-5-7(9)4-8/h7H,2-6H2,1H3. The largest absolute Gasteiger partial charge is 0.378 e. The molecule has 1 atom stereocenters. The van der Waals surface area contributed by atoms with Crippen LogP contribution in [0.4, 0.5) is 0 Å². The average molecular weight is 336 g/mol. The van der Waals surface area contributed by atoms with E-state index in [0.717, 1.165) is 6.26 Å². The molecule has 6 nitrogen and oxygen atoms in total. The first-order chi connectivity index (χ1) is 7.26. The molecule has 0 aromatic carbocycles. The summed E-state index contributed by atoms with van der Waals surface area (Å²) in [6.45, 7) is 0.787. The summed E-state index contributed by atoms with van der Waals surface area (Å²) in [5.41, 5.74) is 0. The zero-order chi connectivity index (χ0) is 12.4. The van der Waals surface area contributed by atoms with Crippen LogP contribution in [0.25, 0.3) is 0 Å². The maximum atomic E-state index is 11.8. The van der Waals surface area contributed by atoms with Crippen LogP contribution in [-0.2, 0) is 24.6 Å². The van der Waals surface area contributed by atoms with Crippen molar-refractivity contribution in [1.82, 2.24) is 4.31 Å². The van der Waals surface area contributed by atoms with E-state index in [-0.39, 0.29) is 19.2 Å². The highest BCUT2D eigenvalue weighted by atomic mass is 79.9. The Hall–Kier alpha value is 0.300. The lowest BCUT2D eigenvalue weighted by molar-refractivity contribution is 0.0415. The molecule has 9 heteroatoms. The van der Waals surface area contributed by atoms with Crippen molar-refractivity contribution >= 4 is 35.8 Å². The monoisotopic (exact) mass is 335 g/mol. The highest BCUT2D eigenvalue weighted by Gasteiger charge is 2.34. The van der Waals surface area contributed by atoms with Gasteiger partial charge in [-0.25, -0.2) is 16.8 Å². The Morgan fingerprint density at radius 1 is 1.38 bits per heavy atom. The number of alkyl halides is 1. The summed E-state index contributed by atoms with van der Waals surface area (Å²) in [5, 5.41) is -0.417. The Balaban J connectivity index is 2.89. The summed E-state index contributed by atoms with van der Waals surface area (Å²) in [6.07, 6.45) is 0.911. The molecule has 0 bridgehead atoms. The van der Waals surface area contributed by atoms with E-state index in [2.05, 4.69) is 15.9 Å². The molecule has 1 saturated heterocycles. The highest BCUT2D eigenvalue weighted by Crippen LogP contribution is 2.15. The number of sulfonamides is 1. The quantitative estimate of drug-likeness (QED) is 0.642. The zero-order valence-corrected chi connectivity index (χ0v) is 12.0. The van der Waals surface area contributed by atoms with E-state index < -0.39 is 24.9 Å². The molecule has 16 heavy (non-hydrogen) atoms. The first-order valence-corrected chi connectivity index (χ1v) is 9.36. The molecule has 1 unspecified atom stereocenters. The molecule has 1 aliphatic heterocycles. The summed E-state index contributed by atoms with van der Waals surface area (Å²) in [4.78, 5) is 0. The van der Waals surface area contributed by atoms with Crippen LogP contribution in [0.15, 0.2) is 0 Å². The van der Waals surface area contributed by atoms with E-state index in [1.165, 1.54) is 4.31 Å². The van der Waals surface area contributed by atoms with Crippen molar-refractivity contribution in [3.8, 4) is 0 Å². The van der Waals surface area contributed by atoms with E-state index in [4.69, 9.17) is 4.74 Å². The molecule has 1 fully saturated rings. The van der Waals surface area contributed by atoms with Crippen molar-refractivity contribution in [3.63, 3.8) is 0 Å². The summed E-state index contributed by atoms with van der Waals surface area (Å²) in [5.74, 6) is 0. The molecular formula is C7H14BrNO5S2. The van der Waals surface area contributed by atoms with E-state index in [9.17, 15) is 16.8 Å². The lowest BCUT2D eigenvalue weighted by Gasteiger charge is -2.33. The minimum atomic E-state index is -3.77. The predicted octanol–water partition coefficient (Wildman–Crippen LogP) is -0.586. The van der Waals surface area contributed by atoms with Crippen LogP contribution in [0.1, 0.15) is 0 Å². The molecule has 0 aromatic heterocycles. The number of hydrogen-bond donors (Lipinski definition) is 0. The van der Waals surface area contributed by atoms with Gasteiger partial charge in [0.25, 0.3) is 0 Å². The maximum Gasteiger partial charge on any atom is 0.229 e. The smallest absolute Gasteiger partial charge is 0.229 e. The maximum absolute atomic E-state index is 11.8. The second-order valence-corrected chi connectivity index (χ2v) is 8.72. The molecule has 0 spiro atoms. The van der Waals surface area contributed by atoms with Crippen LogP contribution in [-0.4, -0.2) is 63.6 Å². The van der Waals surface area contributed by atoms with Gasteiger partial charge in [0.15, 0.2) is 14.9 Å². The van der Waals surface area contributed by atoms with Crippen molar-refractivity contribution in [2.75, 3.05) is 36.4 Å². The minimum absolute atomic E-state index is 0.202. The Morgan fingerprint density at radius 3 is 2.50 bits per heavy atom. The molecular weight excluding hydrogens is 322 g/mol. The normalized spacial score (nSPS) is 24.5. The van der Waals surface area contributed by atoms with Gasteiger partial charge in [-0.2, -0.15) is 4.31 Å². The summed E-state index contributed by atoms with van der Waals surface area (Å²) < 4.78 is 52.1. The summed E-state index contributed by atoms with van der Waals surface area (Å²) in [6, 6.07) is -0.333. The van der Waals surface area contributed by atoms with Crippen molar-refractivity contribution in [2.24, 2.45) is 0 Å². The number of morpholine rings is 1. The lowest BCUT2D eigenvalue weighted by atomic mass is 10.3. The molecule has 96 valence electrons. The third kappa shape index (κ3) is 3.95. The first-order valence-electron chi connectivity index (χ1n) is 4.57. The average Bonchev–Trinajstić information content (AvgIpc) is 2.14. The van der Waals surface area contributed by atoms with E-state index in [1.54, 1.807) is 0 Å². The van der Waals surface area contributed by atoms with Gasteiger partial charge in [-0.15, -0.1) is 0 Å². The van der Waals surface area contributed by atoms with Crippen LogP contribution < -0.4 is 0 Å². The molecule has 1 heterocycles. The third-order valence-electron chi connectivity index (χ3n) is 2.07. The Morgan fingerprint density at radius 2 is 2.00 bits per heavy atom. The van der Waals surface area contributed by atoms with Gasteiger partial charge >= 0.3 is 0 Å². The zero-order valence-electron chi connectivity index (χ0n) is 8.80. The van der Waals surface area contributed by atoms with Crippen LogP contribution in [0.5, 0.6) is 0 Å². The van der Waals surface area contributed by atoms with Gasteiger partial charge in [0.2, 0.25) is 10.0 Å². The summed E-state index contributed by atoms with van der Waals surface area (Å²) in [7, 11) is -7.32. The van der Waals surface area contributed by atoms with Crippen molar-refractivity contribution < 1.29 is 21.6 Å². The molecule has 0 aliphatic carbocycles. The Kier molecular flexibility index (Phi) is 4.76. The van der Waals surface area contributed by atoms with Gasteiger partial charge in [-0.05, 0) is 0 Å². The van der Waals surface area contributed by atoms with Crippen molar-refractivity contribution in [1.29, 1.82) is 0 Å². The fourth-order valence-corrected chi connectivity index (χ4v) is 5.84. The number of halogens is 1. The molecule has 0 radical (unpaired) electrons. The van der Waals surface area contributed by atoms with Crippen LogP contribution >= 0.6 is 15.9 Å². The summed E-state index contributed by atoms with van der Waals surface area (Å²) >= 11 is 3.19. The van der Waals surface area contributed by atoms with Crippen LogP contribution in [0.2, 0.25) is 0 Å². The molecule has 0 saturated carbocycles. The SMILES string of the molecule is CS(=O)(=O)CS(=O)(=O)N1CCOCC1CBr. The second-order valence-electron chi connectivity index (χ2n) is 3.65. The van der Waals surface area contributed by atoms with Gasteiger partial charge in [-0.3, -0.25) is 0 Å². The minimum Gasteiger partial charge on any atom is -0.378 e. The van der Waals surface area contributed by atoms with Gasteiger partial charge in [0.1, 0.15) is 0 Å². The van der Waals surface area contributed by atoms with E-state index >= 15 is 0 Å². The number of hydrogen-bond acceptors (Lipinski definition) is 5.